The van der Waals surface area contributed by atoms with Gasteiger partial charge in [0.2, 0.25) is 10.0 Å². The number of rotatable bonds is 8. The molecular weight excluding hydrogens is 292 g/mol. The van der Waals surface area contributed by atoms with E-state index in [2.05, 4.69) is 18.7 Å². The van der Waals surface area contributed by atoms with Crippen LogP contribution < -0.4 is 5.14 Å². The van der Waals surface area contributed by atoms with Gasteiger partial charge in [0.15, 0.2) is 0 Å². The van der Waals surface area contributed by atoms with Crippen molar-refractivity contribution >= 4 is 16.0 Å². The number of hydrogen-bond donors (Lipinski definition) is 1. The van der Waals surface area contributed by atoms with Crippen LogP contribution in [0.5, 0.6) is 0 Å². The number of likely N-dealkylation sites (N-methyl/N-ethyl adjacent to an activating group) is 1. The summed E-state index contributed by atoms with van der Waals surface area (Å²) in [5.74, 6) is -0.469. The first kappa shape index (κ1) is 17.6. The lowest BCUT2D eigenvalue weighted by Gasteiger charge is -2.19. The number of nitrogens with zero attached hydrogens (tertiary/aromatic N) is 1. The number of carbonyl (C=O) groups excluding carboxylic acids is 1. The molecule has 7 heteroatoms. The fourth-order valence-corrected chi connectivity index (χ4v) is 2.39. The van der Waals surface area contributed by atoms with Gasteiger partial charge in [-0.2, -0.15) is 0 Å². The molecule has 0 aliphatic heterocycles. The van der Waals surface area contributed by atoms with Crippen LogP contribution in [0.4, 0.5) is 0 Å². The van der Waals surface area contributed by atoms with Crippen molar-refractivity contribution in [1.29, 1.82) is 0 Å². The van der Waals surface area contributed by atoms with Crippen molar-refractivity contribution in [3.8, 4) is 0 Å². The first-order valence-electron chi connectivity index (χ1n) is 6.90. The predicted octanol–water partition coefficient (Wildman–Crippen LogP) is 1.22. The van der Waals surface area contributed by atoms with E-state index in [-0.39, 0.29) is 4.90 Å². The van der Waals surface area contributed by atoms with Crippen LogP contribution in [0, 0.1) is 0 Å². The first-order valence-corrected chi connectivity index (χ1v) is 8.45. The highest BCUT2D eigenvalue weighted by Crippen LogP contribution is 2.09. The first-order chi connectivity index (χ1) is 9.88. The van der Waals surface area contributed by atoms with E-state index >= 15 is 0 Å². The summed E-state index contributed by atoms with van der Waals surface area (Å²) in [6.45, 7) is 7.03. The fraction of sp³-hybridized carbons (Fsp3) is 0.500. The second-order valence-corrected chi connectivity index (χ2v) is 6.20. The summed E-state index contributed by atoms with van der Waals surface area (Å²) in [6, 6.07) is 5.38. The molecule has 0 bridgehead atoms. The molecule has 0 spiro atoms. The van der Waals surface area contributed by atoms with E-state index in [1.165, 1.54) is 24.3 Å². The molecule has 1 aromatic rings. The number of esters is 1. The number of benzene rings is 1. The monoisotopic (exact) mass is 314 g/mol. The SMILES string of the molecule is CCCN(CC)CCOC(=O)c1ccc(S(N)(=O)=O)cc1. The number of ether oxygens (including phenoxy) is 1. The summed E-state index contributed by atoms with van der Waals surface area (Å²) < 4.78 is 27.4. The van der Waals surface area contributed by atoms with E-state index in [0.717, 1.165) is 19.5 Å². The van der Waals surface area contributed by atoms with Crippen molar-refractivity contribution in [1.82, 2.24) is 4.90 Å². The van der Waals surface area contributed by atoms with E-state index in [1.807, 2.05) is 0 Å². The smallest absolute Gasteiger partial charge is 0.338 e. The minimum Gasteiger partial charge on any atom is -0.461 e. The van der Waals surface area contributed by atoms with Gasteiger partial charge >= 0.3 is 5.97 Å². The third-order valence-corrected chi connectivity index (χ3v) is 3.98. The third kappa shape index (κ3) is 5.82. The maximum atomic E-state index is 11.8. The fourth-order valence-electron chi connectivity index (χ4n) is 1.88. The zero-order valence-corrected chi connectivity index (χ0v) is 13.2. The minimum atomic E-state index is -3.74. The highest BCUT2D eigenvalue weighted by molar-refractivity contribution is 7.89. The van der Waals surface area contributed by atoms with Crippen LogP contribution >= 0.6 is 0 Å². The zero-order valence-electron chi connectivity index (χ0n) is 12.4. The average molecular weight is 314 g/mol. The minimum absolute atomic E-state index is 0.0286. The summed E-state index contributed by atoms with van der Waals surface area (Å²) in [5, 5.41) is 4.99. The summed E-state index contributed by atoms with van der Waals surface area (Å²) in [6.07, 6.45) is 1.05. The summed E-state index contributed by atoms with van der Waals surface area (Å²) in [4.78, 5) is 14.0. The van der Waals surface area contributed by atoms with Gasteiger partial charge in [-0.3, -0.25) is 0 Å². The summed E-state index contributed by atoms with van der Waals surface area (Å²) >= 11 is 0. The molecule has 6 nitrogen and oxygen atoms in total. The number of nitrogens with two attached hydrogens (primary N) is 1. The Morgan fingerprint density at radius 3 is 2.29 bits per heavy atom. The Morgan fingerprint density at radius 1 is 1.19 bits per heavy atom. The van der Waals surface area contributed by atoms with Gasteiger partial charge in [-0.1, -0.05) is 13.8 Å². The molecule has 0 aromatic heterocycles. The number of sulfonamides is 1. The highest BCUT2D eigenvalue weighted by atomic mass is 32.2. The van der Waals surface area contributed by atoms with E-state index in [9.17, 15) is 13.2 Å². The van der Waals surface area contributed by atoms with Crippen LogP contribution in [0.1, 0.15) is 30.6 Å². The molecule has 2 N–H and O–H groups in total. The lowest BCUT2D eigenvalue weighted by Crippen LogP contribution is -2.29. The van der Waals surface area contributed by atoms with Gasteiger partial charge in [0, 0.05) is 6.54 Å². The standard InChI is InChI=1S/C14H22N2O4S/c1-3-9-16(4-2)10-11-20-14(17)12-5-7-13(8-6-12)21(15,18)19/h5-8H,3-4,9-11H2,1-2H3,(H2,15,18,19). The maximum Gasteiger partial charge on any atom is 0.338 e. The van der Waals surface area contributed by atoms with Crippen LogP contribution in [0.3, 0.4) is 0 Å². The van der Waals surface area contributed by atoms with Gasteiger partial charge in [-0.05, 0) is 43.8 Å². The highest BCUT2D eigenvalue weighted by Gasteiger charge is 2.11. The molecule has 0 radical (unpaired) electrons. The third-order valence-electron chi connectivity index (χ3n) is 3.05. The van der Waals surface area contributed by atoms with E-state index in [1.54, 1.807) is 0 Å². The molecule has 0 fully saturated rings. The molecule has 0 amide bonds. The molecule has 1 rings (SSSR count). The Kier molecular flexibility index (Phi) is 6.80. The molecule has 118 valence electrons. The Morgan fingerprint density at radius 2 is 1.81 bits per heavy atom. The Labute approximate surface area is 125 Å². The maximum absolute atomic E-state index is 11.8. The van der Waals surface area contributed by atoms with Gasteiger partial charge in [0.1, 0.15) is 6.61 Å². The largest absolute Gasteiger partial charge is 0.461 e. The van der Waals surface area contributed by atoms with Crippen molar-refractivity contribution in [3.63, 3.8) is 0 Å². The molecule has 0 heterocycles. The number of hydrogen-bond acceptors (Lipinski definition) is 5. The van der Waals surface area contributed by atoms with Crippen LogP contribution in [-0.2, 0) is 14.8 Å². The van der Waals surface area contributed by atoms with Crippen LogP contribution in [0.2, 0.25) is 0 Å². The lowest BCUT2D eigenvalue weighted by atomic mass is 10.2. The second kappa shape index (κ2) is 8.11. The number of carbonyl (C=O) groups is 1. The number of primary sulfonamides is 1. The molecule has 1 aromatic carbocycles. The second-order valence-electron chi connectivity index (χ2n) is 4.64. The van der Waals surface area contributed by atoms with Crippen LogP contribution in [-0.4, -0.2) is 45.5 Å². The van der Waals surface area contributed by atoms with Gasteiger partial charge < -0.3 is 9.64 Å². The Hall–Kier alpha value is -1.44. The topological polar surface area (TPSA) is 89.7 Å². The molecule has 0 unspecified atom stereocenters. The van der Waals surface area contributed by atoms with E-state index in [4.69, 9.17) is 9.88 Å². The molecule has 0 saturated heterocycles. The van der Waals surface area contributed by atoms with Crippen LogP contribution in [0.25, 0.3) is 0 Å². The van der Waals surface area contributed by atoms with Gasteiger partial charge in [0.05, 0.1) is 10.5 Å². The van der Waals surface area contributed by atoms with Crippen molar-refractivity contribution < 1.29 is 17.9 Å². The predicted molar refractivity (Wildman–Crippen MR) is 80.5 cm³/mol. The Balaban J connectivity index is 2.53. The van der Waals surface area contributed by atoms with Crippen molar-refractivity contribution in [3.05, 3.63) is 29.8 Å². The van der Waals surface area contributed by atoms with Gasteiger partial charge in [0.25, 0.3) is 0 Å². The molecular formula is C14H22N2O4S. The molecule has 21 heavy (non-hydrogen) atoms. The zero-order chi connectivity index (χ0) is 15.9. The molecule has 0 aliphatic rings. The molecule has 0 saturated carbocycles. The van der Waals surface area contributed by atoms with Crippen LogP contribution in [0.15, 0.2) is 29.2 Å². The quantitative estimate of drug-likeness (QED) is 0.729. The van der Waals surface area contributed by atoms with Crippen molar-refractivity contribution in [2.45, 2.75) is 25.2 Å². The average Bonchev–Trinajstić information content (AvgIpc) is 2.45. The van der Waals surface area contributed by atoms with Gasteiger partial charge in [-0.25, -0.2) is 18.4 Å². The van der Waals surface area contributed by atoms with Crippen molar-refractivity contribution in [2.24, 2.45) is 5.14 Å². The molecule has 0 aliphatic carbocycles. The van der Waals surface area contributed by atoms with Crippen molar-refractivity contribution in [2.75, 3.05) is 26.2 Å². The lowest BCUT2D eigenvalue weighted by molar-refractivity contribution is 0.0464. The van der Waals surface area contributed by atoms with Gasteiger partial charge in [-0.15, -0.1) is 0 Å². The normalized spacial score (nSPS) is 11.6. The summed E-state index contributed by atoms with van der Waals surface area (Å²) in [5.41, 5.74) is 0.306. The van der Waals surface area contributed by atoms with E-state index < -0.39 is 16.0 Å². The van der Waals surface area contributed by atoms with E-state index in [0.29, 0.717) is 18.7 Å². The molecule has 0 atom stereocenters. The Bertz CT molecular complexity index is 555. The summed E-state index contributed by atoms with van der Waals surface area (Å²) in [7, 11) is -3.74.